The van der Waals surface area contributed by atoms with Gasteiger partial charge in [-0.2, -0.15) is 0 Å². The molecule has 2 fully saturated rings. The second-order valence-corrected chi connectivity index (χ2v) is 9.25. The molecule has 3 amide bonds. The third kappa shape index (κ3) is 4.97. The van der Waals surface area contributed by atoms with E-state index in [1.54, 1.807) is 4.90 Å². The second kappa shape index (κ2) is 9.26. The van der Waals surface area contributed by atoms with Gasteiger partial charge in [-0.25, -0.2) is 8.78 Å². The van der Waals surface area contributed by atoms with Crippen LogP contribution in [0.4, 0.5) is 20.2 Å². The summed E-state index contributed by atoms with van der Waals surface area (Å²) in [5, 5.41) is 8.39. The van der Waals surface area contributed by atoms with Gasteiger partial charge in [0.2, 0.25) is 11.8 Å². The zero-order chi connectivity index (χ0) is 24.6. The minimum Gasteiger partial charge on any atom is -0.381 e. The van der Waals surface area contributed by atoms with Gasteiger partial charge >= 0.3 is 0 Å². The number of hydrogen-bond acceptors (Lipinski definition) is 6. The van der Waals surface area contributed by atoms with Crippen LogP contribution in [0.15, 0.2) is 42.5 Å². The fourth-order valence-corrected chi connectivity index (χ4v) is 4.83. The van der Waals surface area contributed by atoms with Crippen LogP contribution in [0.25, 0.3) is 0 Å². The van der Waals surface area contributed by atoms with Crippen molar-refractivity contribution in [1.82, 2.24) is 15.5 Å². The maximum atomic E-state index is 13.9. The van der Waals surface area contributed by atoms with Crippen molar-refractivity contribution >= 4 is 29.1 Å². The Hall–Kier alpha value is -3.53. The van der Waals surface area contributed by atoms with Gasteiger partial charge in [-0.15, -0.1) is 0 Å². The number of anilines is 2. The smallest absolute Gasteiger partial charge is 0.277 e. The first-order chi connectivity index (χ1) is 16.8. The maximum absolute atomic E-state index is 13.9. The lowest BCUT2D eigenvalue weighted by molar-refractivity contribution is -0.136. The van der Waals surface area contributed by atoms with Gasteiger partial charge in [-0.1, -0.05) is 12.1 Å². The van der Waals surface area contributed by atoms with Crippen LogP contribution < -0.4 is 20.9 Å². The normalized spacial score (nSPS) is 22.0. The Labute approximate surface area is 201 Å². The number of hydrogen-bond donors (Lipinski definition) is 3. The topological polar surface area (TPSA) is 93.8 Å². The number of rotatable bonds is 5. The highest BCUT2D eigenvalue weighted by Crippen LogP contribution is 2.29. The van der Waals surface area contributed by atoms with E-state index in [9.17, 15) is 23.2 Å². The van der Waals surface area contributed by atoms with Gasteiger partial charge in [0.15, 0.2) is 0 Å². The van der Waals surface area contributed by atoms with E-state index < -0.39 is 17.9 Å². The van der Waals surface area contributed by atoms with Gasteiger partial charge < -0.3 is 20.4 Å². The van der Waals surface area contributed by atoms with Crippen molar-refractivity contribution in [3.63, 3.8) is 0 Å². The number of halogens is 2. The van der Waals surface area contributed by atoms with Gasteiger partial charge in [-0.3, -0.25) is 19.7 Å². The van der Waals surface area contributed by atoms with E-state index in [1.165, 1.54) is 4.90 Å². The van der Waals surface area contributed by atoms with Crippen LogP contribution in [0, 0.1) is 0 Å². The average Bonchev–Trinajstić information content (AvgIpc) is 3.03. The van der Waals surface area contributed by atoms with Crippen LogP contribution in [0.2, 0.25) is 0 Å². The number of nitrogens with one attached hydrogen (secondary N) is 3. The van der Waals surface area contributed by atoms with E-state index in [4.69, 9.17) is 0 Å². The van der Waals surface area contributed by atoms with E-state index >= 15 is 0 Å². The Morgan fingerprint density at radius 3 is 2.66 bits per heavy atom. The van der Waals surface area contributed by atoms with E-state index in [0.717, 1.165) is 22.5 Å². The minimum atomic E-state index is -2.77. The van der Waals surface area contributed by atoms with Crippen LogP contribution in [0.5, 0.6) is 0 Å². The molecule has 2 saturated heterocycles. The van der Waals surface area contributed by atoms with Crippen molar-refractivity contribution in [2.45, 2.75) is 37.9 Å². The van der Waals surface area contributed by atoms with E-state index in [-0.39, 0.29) is 31.3 Å². The molecular formula is C25H27F2N5O3. The monoisotopic (exact) mass is 483 g/mol. The number of nitrogens with zero attached hydrogens (tertiary/aromatic N) is 2. The molecule has 2 aromatic rings. The summed E-state index contributed by atoms with van der Waals surface area (Å²) in [6.07, 6.45) is 0.557. The third-order valence-electron chi connectivity index (χ3n) is 6.69. The molecule has 2 aromatic carbocycles. The van der Waals surface area contributed by atoms with Gasteiger partial charge in [-0.05, 0) is 47.9 Å². The second-order valence-electron chi connectivity index (χ2n) is 9.25. The van der Waals surface area contributed by atoms with Crippen molar-refractivity contribution in [2.24, 2.45) is 0 Å². The number of alkyl halides is 2. The number of piperidine rings is 1. The van der Waals surface area contributed by atoms with Crippen LogP contribution >= 0.6 is 0 Å². The molecule has 3 aliphatic rings. The first kappa shape index (κ1) is 23.2. The summed E-state index contributed by atoms with van der Waals surface area (Å²) in [7, 11) is 0. The number of carbonyl (C=O) groups excluding carboxylic acids is 3. The molecule has 0 saturated carbocycles. The van der Waals surface area contributed by atoms with Crippen molar-refractivity contribution in [3.8, 4) is 0 Å². The number of benzene rings is 2. The lowest BCUT2D eigenvalue weighted by Crippen LogP contribution is -2.52. The highest BCUT2D eigenvalue weighted by atomic mass is 19.3. The average molecular weight is 484 g/mol. The van der Waals surface area contributed by atoms with E-state index in [0.29, 0.717) is 38.2 Å². The molecule has 3 heterocycles. The molecule has 0 radical (unpaired) electrons. The molecule has 3 aliphatic heterocycles. The SMILES string of the molecule is O=C1CCC(N2Cc3ccc(CNc4ccc(N5CCNCC(F)(F)C5)cc4)cc3C2=O)C(=O)N1. The Morgan fingerprint density at radius 2 is 1.89 bits per heavy atom. The predicted octanol–water partition coefficient (Wildman–Crippen LogP) is 2.10. The lowest BCUT2D eigenvalue weighted by Gasteiger charge is -2.29. The highest BCUT2D eigenvalue weighted by molar-refractivity contribution is 6.05. The lowest BCUT2D eigenvalue weighted by atomic mass is 10.0. The number of carbonyl (C=O) groups is 3. The van der Waals surface area contributed by atoms with Crippen LogP contribution in [0.3, 0.4) is 0 Å². The van der Waals surface area contributed by atoms with Crippen LogP contribution in [-0.2, 0) is 22.7 Å². The largest absolute Gasteiger partial charge is 0.381 e. The molecule has 1 unspecified atom stereocenters. The quantitative estimate of drug-likeness (QED) is 0.564. The first-order valence-electron chi connectivity index (χ1n) is 11.7. The molecule has 184 valence electrons. The first-order valence-corrected chi connectivity index (χ1v) is 11.7. The highest BCUT2D eigenvalue weighted by Gasteiger charge is 2.39. The Morgan fingerprint density at radius 1 is 1.09 bits per heavy atom. The summed E-state index contributed by atoms with van der Waals surface area (Å²) < 4.78 is 27.8. The maximum Gasteiger partial charge on any atom is 0.277 e. The molecular weight excluding hydrogens is 456 g/mol. The van der Waals surface area contributed by atoms with Crippen molar-refractivity contribution in [1.29, 1.82) is 0 Å². The molecule has 5 rings (SSSR count). The van der Waals surface area contributed by atoms with Crippen molar-refractivity contribution in [2.75, 3.05) is 36.4 Å². The fourth-order valence-electron chi connectivity index (χ4n) is 4.83. The van der Waals surface area contributed by atoms with Crippen molar-refractivity contribution < 1.29 is 23.2 Å². The van der Waals surface area contributed by atoms with E-state index in [1.807, 2.05) is 42.5 Å². The summed E-state index contributed by atoms with van der Waals surface area (Å²) >= 11 is 0. The third-order valence-corrected chi connectivity index (χ3v) is 6.69. The van der Waals surface area contributed by atoms with Gasteiger partial charge in [0.1, 0.15) is 6.04 Å². The van der Waals surface area contributed by atoms with Crippen LogP contribution in [-0.4, -0.2) is 60.8 Å². The Bertz CT molecular complexity index is 1150. The molecule has 10 heteroatoms. The predicted molar refractivity (Wildman–Crippen MR) is 126 cm³/mol. The summed E-state index contributed by atoms with van der Waals surface area (Å²) in [5.41, 5.74) is 3.92. The Balaban J connectivity index is 1.21. The fraction of sp³-hybridized carbons (Fsp3) is 0.400. The molecule has 3 N–H and O–H groups in total. The summed E-state index contributed by atoms with van der Waals surface area (Å²) in [4.78, 5) is 39.8. The van der Waals surface area contributed by atoms with Crippen LogP contribution in [0.1, 0.15) is 34.3 Å². The summed E-state index contributed by atoms with van der Waals surface area (Å²) in [6, 6.07) is 12.4. The minimum absolute atomic E-state index is 0.204. The van der Waals surface area contributed by atoms with E-state index in [2.05, 4.69) is 16.0 Å². The van der Waals surface area contributed by atoms with Gasteiger partial charge in [0.05, 0.1) is 13.1 Å². The molecule has 0 bridgehead atoms. The number of imide groups is 1. The number of fused-ring (bicyclic) bond motifs is 1. The Kier molecular flexibility index (Phi) is 6.14. The van der Waals surface area contributed by atoms with Gasteiger partial charge in [0, 0.05) is 49.5 Å². The molecule has 0 aromatic heterocycles. The zero-order valence-corrected chi connectivity index (χ0v) is 19.2. The molecule has 8 nitrogen and oxygen atoms in total. The molecule has 0 aliphatic carbocycles. The molecule has 1 atom stereocenters. The van der Waals surface area contributed by atoms with Gasteiger partial charge in [0.25, 0.3) is 11.8 Å². The summed E-state index contributed by atoms with van der Waals surface area (Å²) in [5.74, 6) is -3.71. The zero-order valence-electron chi connectivity index (χ0n) is 19.2. The standard InChI is InChI=1S/C25H27F2N5O3/c26-25(27)14-28-9-10-31(15-25)19-5-3-18(4-6-19)29-12-16-1-2-17-13-32(24(35)20(17)11-16)21-7-8-22(33)30-23(21)34/h1-6,11,21,28-29H,7-10,12-15H2,(H,30,33,34). The number of amides is 3. The molecule has 0 spiro atoms. The van der Waals surface area contributed by atoms with Crippen molar-refractivity contribution in [3.05, 3.63) is 59.2 Å². The summed E-state index contributed by atoms with van der Waals surface area (Å²) in [6.45, 7) is 1.23. The molecule has 35 heavy (non-hydrogen) atoms.